The number of carbonyl (C=O) groups excluding carboxylic acids is 3. The molecule has 1 aliphatic rings. The predicted octanol–water partition coefficient (Wildman–Crippen LogP) is 2.11. The number of halogens is 1. The minimum Gasteiger partial charge on any atom is -0.502 e. The van der Waals surface area contributed by atoms with E-state index in [9.17, 15) is 34.0 Å². The molecule has 2 N–H and O–H groups in total. The number of imide groups is 2. The number of amides is 4. The van der Waals surface area contributed by atoms with Gasteiger partial charge in [0.25, 0.3) is 11.8 Å². The van der Waals surface area contributed by atoms with Gasteiger partial charge in [-0.3, -0.25) is 25.0 Å². The molecule has 0 atom stereocenters. The molecule has 27 heavy (non-hydrogen) atoms. The normalized spacial score (nSPS) is 15.8. The van der Waals surface area contributed by atoms with Gasteiger partial charge in [-0.25, -0.2) is 14.1 Å². The van der Waals surface area contributed by atoms with Crippen LogP contribution < -0.4 is 10.2 Å². The number of aromatic hydroxyl groups is 1. The van der Waals surface area contributed by atoms with Crippen LogP contribution in [0.3, 0.4) is 0 Å². The van der Waals surface area contributed by atoms with Gasteiger partial charge < -0.3 is 5.11 Å². The number of benzene rings is 2. The van der Waals surface area contributed by atoms with E-state index in [0.29, 0.717) is 4.90 Å². The van der Waals surface area contributed by atoms with Crippen LogP contribution in [0.5, 0.6) is 5.75 Å². The average molecular weight is 371 g/mol. The molecular formula is C17H10FN3O6. The first-order valence-electron chi connectivity index (χ1n) is 7.43. The molecule has 2 aromatic carbocycles. The largest absolute Gasteiger partial charge is 0.502 e. The van der Waals surface area contributed by atoms with Crippen molar-refractivity contribution in [1.29, 1.82) is 0 Å². The highest BCUT2D eigenvalue weighted by molar-refractivity contribution is 6.39. The summed E-state index contributed by atoms with van der Waals surface area (Å²) in [5, 5.41) is 22.3. The molecule has 0 unspecified atom stereocenters. The highest BCUT2D eigenvalue weighted by Gasteiger charge is 2.38. The van der Waals surface area contributed by atoms with E-state index in [1.165, 1.54) is 24.3 Å². The zero-order valence-electron chi connectivity index (χ0n) is 13.4. The number of nitro groups is 1. The summed E-state index contributed by atoms with van der Waals surface area (Å²) in [6.45, 7) is 0. The number of nitrogens with zero attached hydrogens (tertiary/aromatic N) is 2. The summed E-state index contributed by atoms with van der Waals surface area (Å²) < 4.78 is 14.0. The summed E-state index contributed by atoms with van der Waals surface area (Å²) >= 11 is 0. The lowest BCUT2D eigenvalue weighted by molar-refractivity contribution is -0.385. The van der Waals surface area contributed by atoms with Crippen LogP contribution in [-0.4, -0.2) is 27.9 Å². The Labute approximate surface area is 150 Å². The summed E-state index contributed by atoms with van der Waals surface area (Å²) in [6.07, 6.45) is 1.00. The average Bonchev–Trinajstić information content (AvgIpc) is 2.61. The van der Waals surface area contributed by atoms with Crippen LogP contribution >= 0.6 is 0 Å². The molecule has 3 rings (SSSR count). The van der Waals surface area contributed by atoms with E-state index in [0.717, 1.165) is 24.3 Å². The number of hydrogen-bond donors (Lipinski definition) is 2. The summed E-state index contributed by atoms with van der Waals surface area (Å²) in [5.41, 5.74) is -1.45. The van der Waals surface area contributed by atoms with Crippen molar-refractivity contribution in [1.82, 2.24) is 5.32 Å². The maximum absolute atomic E-state index is 14.0. The third-order valence-corrected chi connectivity index (χ3v) is 3.70. The van der Waals surface area contributed by atoms with Crippen molar-refractivity contribution in [2.24, 2.45) is 0 Å². The van der Waals surface area contributed by atoms with Crippen LogP contribution in [0, 0.1) is 15.9 Å². The summed E-state index contributed by atoms with van der Waals surface area (Å²) in [6, 6.07) is 7.08. The molecule has 0 saturated carbocycles. The first-order chi connectivity index (χ1) is 12.8. The number of urea groups is 1. The molecule has 9 nitrogen and oxygen atoms in total. The summed E-state index contributed by atoms with van der Waals surface area (Å²) in [7, 11) is 0. The van der Waals surface area contributed by atoms with E-state index in [1.54, 1.807) is 0 Å². The van der Waals surface area contributed by atoms with E-state index in [-0.39, 0.29) is 11.3 Å². The predicted molar refractivity (Wildman–Crippen MR) is 90.2 cm³/mol. The molecular weight excluding hydrogens is 361 g/mol. The molecule has 136 valence electrons. The highest BCUT2D eigenvalue weighted by Crippen LogP contribution is 2.29. The minimum atomic E-state index is -1.12. The molecule has 10 heteroatoms. The number of rotatable bonds is 3. The Kier molecular flexibility index (Phi) is 4.38. The molecule has 1 aliphatic heterocycles. The maximum Gasteiger partial charge on any atom is 0.336 e. The van der Waals surface area contributed by atoms with E-state index < -0.39 is 45.6 Å². The van der Waals surface area contributed by atoms with Crippen molar-refractivity contribution in [2.75, 3.05) is 4.90 Å². The monoisotopic (exact) mass is 371 g/mol. The fourth-order valence-corrected chi connectivity index (χ4v) is 2.45. The number of nitro benzene ring substituents is 1. The summed E-state index contributed by atoms with van der Waals surface area (Å²) in [4.78, 5) is 47.2. The second kappa shape index (κ2) is 6.67. The standard InChI is InChI=1S/C17H10FN3O6/c18-11-3-1-2-4-12(11)20-16(24)10(15(23)19-17(20)25)7-9-5-6-14(22)13(8-9)21(26)27/h1-8,22H,(H,19,23,25)/b10-7+. The Balaban J connectivity index is 2.06. The third kappa shape index (κ3) is 3.23. The Morgan fingerprint density at radius 1 is 1.15 bits per heavy atom. The Bertz CT molecular complexity index is 1030. The Hall–Kier alpha value is -4.08. The lowest BCUT2D eigenvalue weighted by Crippen LogP contribution is -2.54. The fourth-order valence-electron chi connectivity index (χ4n) is 2.45. The minimum absolute atomic E-state index is 0.0563. The van der Waals surface area contributed by atoms with Gasteiger partial charge in [0, 0.05) is 6.07 Å². The number of phenolic OH excluding ortho intramolecular Hbond substituents is 1. The molecule has 0 radical (unpaired) electrons. The van der Waals surface area contributed by atoms with Crippen molar-refractivity contribution in [2.45, 2.75) is 0 Å². The third-order valence-electron chi connectivity index (χ3n) is 3.70. The van der Waals surface area contributed by atoms with Gasteiger partial charge in [0.1, 0.15) is 11.4 Å². The van der Waals surface area contributed by atoms with Crippen molar-refractivity contribution < 1.29 is 28.8 Å². The molecule has 1 saturated heterocycles. The second-order valence-electron chi connectivity index (χ2n) is 5.41. The smallest absolute Gasteiger partial charge is 0.336 e. The van der Waals surface area contributed by atoms with Gasteiger partial charge >= 0.3 is 11.7 Å². The fraction of sp³-hybridized carbons (Fsp3) is 0. The van der Waals surface area contributed by atoms with E-state index in [2.05, 4.69) is 0 Å². The molecule has 4 amide bonds. The number of barbiturate groups is 1. The molecule has 0 bridgehead atoms. The van der Waals surface area contributed by atoms with Crippen LogP contribution in [-0.2, 0) is 9.59 Å². The van der Waals surface area contributed by atoms with Crippen LogP contribution in [0.15, 0.2) is 48.0 Å². The lowest BCUT2D eigenvalue weighted by Gasteiger charge is -2.26. The SMILES string of the molecule is O=C1NC(=O)N(c2ccccc2F)C(=O)/C1=C/c1ccc(O)c([N+](=O)[O-])c1. The lowest BCUT2D eigenvalue weighted by atomic mass is 10.1. The van der Waals surface area contributed by atoms with Gasteiger partial charge in [0.05, 0.1) is 10.6 Å². The number of phenols is 1. The first kappa shape index (κ1) is 17.7. The van der Waals surface area contributed by atoms with E-state index in [4.69, 9.17) is 0 Å². The van der Waals surface area contributed by atoms with Crippen molar-refractivity contribution >= 4 is 35.3 Å². The molecule has 1 fully saturated rings. The number of carbonyl (C=O) groups is 3. The van der Waals surface area contributed by atoms with E-state index >= 15 is 0 Å². The zero-order chi connectivity index (χ0) is 19.7. The molecule has 0 aliphatic carbocycles. The Morgan fingerprint density at radius 3 is 2.52 bits per heavy atom. The van der Waals surface area contributed by atoms with Crippen molar-refractivity contribution in [3.05, 3.63) is 69.5 Å². The zero-order valence-corrected chi connectivity index (χ0v) is 13.4. The molecule has 2 aromatic rings. The summed E-state index contributed by atoms with van der Waals surface area (Å²) in [5.74, 6) is -3.57. The van der Waals surface area contributed by atoms with Gasteiger partial charge in [-0.2, -0.15) is 0 Å². The molecule has 1 heterocycles. The van der Waals surface area contributed by atoms with Gasteiger partial charge in [-0.05, 0) is 29.8 Å². The van der Waals surface area contributed by atoms with Crippen LogP contribution in [0.2, 0.25) is 0 Å². The number of hydrogen-bond acceptors (Lipinski definition) is 6. The van der Waals surface area contributed by atoms with E-state index in [1.807, 2.05) is 5.32 Å². The molecule has 0 spiro atoms. The number of nitrogens with one attached hydrogen (secondary N) is 1. The first-order valence-corrected chi connectivity index (χ1v) is 7.43. The number of anilines is 1. The number of para-hydroxylation sites is 1. The second-order valence-corrected chi connectivity index (χ2v) is 5.41. The van der Waals surface area contributed by atoms with Crippen molar-refractivity contribution in [3.8, 4) is 5.75 Å². The topological polar surface area (TPSA) is 130 Å². The van der Waals surface area contributed by atoms with Crippen LogP contribution in [0.4, 0.5) is 20.6 Å². The highest BCUT2D eigenvalue weighted by atomic mass is 19.1. The maximum atomic E-state index is 14.0. The van der Waals surface area contributed by atoms with Gasteiger partial charge in [0.2, 0.25) is 0 Å². The quantitative estimate of drug-likeness (QED) is 0.368. The van der Waals surface area contributed by atoms with Gasteiger partial charge in [-0.1, -0.05) is 18.2 Å². The van der Waals surface area contributed by atoms with Crippen LogP contribution in [0.25, 0.3) is 6.08 Å². The van der Waals surface area contributed by atoms with Crippen molar-refractivity contribution in [3.63, 3.8) is 0 Å². The van der Waals surface area contributed by atoms with Gasteiger partial charge in [-0.15, -0.1) is 0 Å². The Morgan fingerprint density at radius 2 is 1.85 bits per heavy atom. The molecule has 0 aromatic heterocycles. The van der Waals surface area contributed by atoms with Gasteiger partial charge in [0.15, 0.2) is 5.75 Å². The van der Waals surface area contributed by atoms with Crippen LogP contribution in [0.1, 0.15) is 5.56 Å².